The molecule has 0 atom stereocenters. The fraction of sp³-hybridized carbons (Fsp3) is 0.467. The predicted octanol–water partition coefficient (Wildman–Crippen LogP) is 3.75. The van der Waals surface area contributed by atoms with Gasteiger partial charge in [-0.15, -0.1) is 0 Å². The fourth-order valence-electron chi connectivity index (χ4n) is 2.16. The van der Waals surface area contributed by atoms with Crippen LogP contribution in [-0.4, -0.2) is 24.9 Å². The molecule has 1 heterocycles. The van der Waals surface area contributed by atoms with Crippen molar-refractivity contribution in [3.05, 3.63) is 40.3 Å². The van der Waals surface area contributed by atoms with Gasteiger partial charge in [0.25, 0.3) is 0 Å². The zero-order chi connectivity index (χ0) is 16.7. The van der Waals surface area contributed by atoms with Crippen molar-refractivity contribution in [2.24, 2.45) is 5.73 Å². The van der Waals surface area contributed by atoms with E-state index >= 15 is 0 Å². The normalized spacial score (nSPS) is 21.0. The number of nitrogens with two attached hydrogens (primary N) is 1. The summed E-state index contributed by atoms with van der Waals surface area (Å²) in [5.74, 6) is -0.499. The molecule has 0 unspecified atom stereocenters. The molecular weight excluding hydrogens is 310 g/mol. The van der Waals surface area contributed by atoms with Gasteiger partial charge < -0.3 is 15.0 Å². The van der Waals surface area contributed by atoms with E-state index < -0.39 is 29.9 Å². The lowest BCUT2D eigenvalue weighted by Crippen LogP contribution is -2.41. The molecule has 0 aromatic heterocycles. The van der Waals surface area contributed by atoms with Crippen LogP contribution in [0.2, 0.25) is 5.02 Å². The Balaban J connectivity index is 2.43. The first-order chi connectivity index (χ1) is 10.1. The molecule has 3 nitrogen and oxygen atoms in total. The molecule has 1 fully saturated rings. The first-order valence-electron chi connectivity index (χ1n) is 6.99. The van der Waals surface area contributed by atoms with Crippen LogP contribution in [0, 0.1) is 5.82 Å². The second-order valence-corrected chi connectivity index (χ2v) is 6.65. The van der Waals surface area contributed by atoms with Crippen LogP contribution in [0.15, 0.2) is 23.9 Å². The summed E-state index contributed by atoms with van der Waals surface area (Å²) in [7, 11) is -1.16. The minimum absolute atomic E-state index is 0.0899. The van der Waals surface area contributed by atoms with Crippen molar-refractivity contribution in [1.29, 1.82) is 0 Å². The molecule has 2 N–H and O–H groups in total. The molecule has 0 aliphatic carbocycles. The van der Waals surface area contributed by atoms with E-state index in [4.69, 9.17) is 26.6 Å². The molecule has 2 rings (SSSR count). The summed E-state index contributed by atoms with van der Waals surface area (Å²) < 4.78 is 39.3. The predicted molar refractivity (Wildman–Crippen MR) is 84.6 cm³/mol. The topological polar surface area (TPSA) is 44.5 Å². The molecule has 1 aromatic carbocycles. The Morgan fingerprint density at radius 2 is 1.77 bits per heavy atom. The minimum atomic E-state index is -1.16. The summed E-state index contributed by atoms with van der Waals surface area (Å²) in [6, 6.07) is 3.71. The summed E-state index contributed by atoms with van der Waals surface area (Å²) in [5.41, 5.74) is 4.15. The molecular formula is C15H19BClF2NO2. The zero-order valence-corrected chi connectivity index (χ0v) is 13.8. The van der Waals surface area contributed by atoms with E-state index in [1.165, 1.54) is 12.1 Å². The summed E-state index contributed by atoms with van der Waals surface area (Å²) >= 11 is 5.99. The molecule has 22 heavy (non-hydrogen) atoms. The SMILES string of the molecule is CC1(C)OB(C(F)=C(CN)c2ccc(F)cc2Cl)OC1(C)C. The maximum Gasteiger partial charge on any atom is 0.525 e. The second kappa shape index (κ2) is 5.93. The second-order valence-electron chi connectivity index (χ2n) is 6.24. The van der Waals surface area contributed by atoms with E-state index in [-0.39, 0.29) is 17.1 Å². The largest absolute Gasteiger partial charge is 0.525 e. The Morgan fingerprint density at radius 1 is 1.23 bits per heavy atom. The van der Waals surface area contributed by atoms with Crippen LogP contribution < -0.4 is 5.73 Å². The maximum absolute atomic E-state index is 14.8. The summed E-state index contributed by atoms with van der Waals surface area (Å²) in [6.07, 6.45) is 0. The third-order valence-corrected chi connectivity index (χ3v) is 4.52. The molecule has 1 aliphatic heterocycles. The smallest absolute Gasteiger partial charge is 0.398 e. The number of hydrogen-bond donors (Lipinski definition) is 1. The standard InChI is InChI=1S/C15H19BClF2NO2/c1-14(2)15(3,4)22-16(21-14)13(19)11(8-20)10-6-5-9(18)7-12(10)17/h5-7H,8,20H2,1-4H3. The van der Waals surface area contributed by atoms with Gasteiger partial charge in [-0.25, -0.2) is 8.78 Å². The Hall–Kier alpha value is -0.945. The van der Waals surface area contributed by atoms with Gasteiger partial charge in [0.05, 0.1) is 16.2 Å². The minimum Gasteiger partial charge on any atom is -0.398 e. The number of halogens is 3. The molecule has 0 saturated carbocycles. The highest BCUT2D eigenvalue weighted by molar-refractivity contribution is 6.55. The van der Waals surface area contributed by atoms with Gasteiger partial charge >= 0.3 is 7.12 Å². The summed E-state index contributed by atoms with van der Waals surface area (Å²) in [5, 5.41) is 0.0899. The van der Waals surface area contributed by atoms with Crippen molar-refractivity contribution in [1.82, 2.24) is 0 Å². The molecule has 1 aliphatic rings. The number of rotatable bonds is 3. The highest BCUT2D eigenvalue weighted by Crippen LogP contribution is 2.40. The molecule has 0 amide bonds. The van der Waals surface area contributed by atoms with Crippen molar-refractivity contribution in [2.75, 3.05) is 6.54 Å². The third-order valence-electron chi connectivity index (χ3n) is 4.21. The van der Waals surface area contributed by atoms with Crippen LogP contribution in [0.4, 0.5) is 8.78 Å². The van der Waals surface area contributed by atoms with Gasteiger partial charge in [0.15, 0.2) is 0 Å². The fourth-order valence-corrected chi connectivity index (χ4v) is 2.44. The van der Waals surface area contributed by atoms with Crippen LogP contribution in [0.5, 0.6) is 0 Å². The maximum atomic E-state index is 14.8. The first-order valence-corrected chi connectivity index (χ1v) is 7.36. The Bertz CT molecular complexity index is 604. The van der Waals surface area contributed by atoms with E-state index in [0.717, 1.165) is 6.07 Å². The monoisotopic (exact) mass is 329 g/mol. The van der Waals surface area contributed by atoms with Gasteiger partial charge in [0.1, 0.15) is 11.5 Å². The van der Waals surface area contributed by atoms with Crippen LogP contribution in [0.1, 0.15) is 33.3 Å². The van der Waals surface area contributed by atoms with Crippen LogP contribution in [0.3, 0.4) is 0 Å². The van der Waals surface area contributed by atoms with Crippen molar-refractivity contribution in [3.63, 3.8) is 0 Å². The van der Waals surface area contributed by atoms with E-state index in [1.807, 2.05) is 27.7 Å². The van der Waals surface area contributed by atoms with Gasteiger partial charge in [0.2, 0.25) is 0 Å². The lowest BCUT2D eigenvalue weighted by atomic mass is 9.82. The van der Waals surface area contributed by atoms with Crippen LogP contribution in [-0.2, 0) is 9.31 Å². The van der Waals surface area contributed by atoms with Gasteiger partial charge in [-0.1, -0.05) is 17.7 Å². The molecule has 0 radical (unpaired) electrons. The molecule has 1 saturated heterocycles. The van der Waals surface area contributed by atoms with Gasteiger partial charge in [-0.2, -0.15) is 0 Å². The quantitative estimate of drug-likeness (QED) is 0.859. The molecule has 7 heteroatoms. The average Bonchev–Trinajstić information content (AvgIpc) is 2.61. The van der Waals surface area contributed by atoms with Gasteiger partial charge in [-0.3, -0.25) is 0 Å². The van der Waals surface area contributed by atoms with Crippen molar-refractivity contribution >= 4 is 24.3 Å². The summed E-state index contributed by atoms with van der Waals surface area (Å²) in [6.45, 7) is 7.20. The Labute approximate surface area is 134 Å². The number of hydrogen-bond acceptors (Lipinski definition) is 3. The summed E-state index contributed by atoms with van der Waals surface area (Å²) in [4.78, 5) is 0. The highest BCUT2D eigenvalue weighted by Gasteiger charge is 2.53. The van der Waals surface area contributed by atoms with Gasteiger partial charge in [0, 0.05) is 12.1 Å². The van der Waals surface area contributed by atoms with E-state index in [2.05, 4.69) is 0 Å². The molecule has 1 aromatic rings. The van der Waals surface area contributed by atoms with E-state index in [1.54, 1.807) is 0 Å². The molecule has 0 spiro atoms. The lowest BCUT2D eigenvalue weighted by Gasteiger charge is -2.32. The van der Waals surface area contributed by atoms with Gasteiger partial charge in [-0.05, 0) is 45.4 Å². The van der Waals surface area contributed by atoms with Crippen molar-refractivity contribution in [3.8, 4) is 0 Å². The third kappa shape index (κ3) is 3.06. The zero-order valence-electron chi connectivity index (χ0n) is 13.0. The lowest BCUT2D eigenvalue weighted by molar-refractivity contribution is 0.00578. The van der Waals surface area contributed by atoms with Crippen molar-refractivity contribution < 1.29 is 18.1 Å². The average molecular weight is 330 g/mol. The van der Waals surface area contributed by atoms with Crippen LogP contribution >= 0.6 is 11.6 Å². The first kappa shape index (κ1) is 17.4. The van der Waals surface area contributed by atoms with E-state index in [9.17, 15) is 8.78 Å². The van der Waals surface area contributed by atoms with E-state index in [0.29, 0.717) is 5.56 Å². The Morgan fingerprint density at radius 3 is 2.23 bits per heavy atom. The molecule has 0 bridgehead atoms. The highest BCUT2D eigenvalue weighted by atomic mass is 35.5. The van der Waals surface area contributed by atoms with Crippen molar-refractivity contribution in [2.45, 2.75) is 38.9 Å². The van der Waals surface area contributed by atoms with Crippen LogP contribution in [0.25, 0.3) is 5.57 Å². The molecule has 120 valence electrons. The number of benzene rings is 1. The Kier molecular flexibility index (Phi) is 4.69.